The molecular formula is C14H10FN3O. The van der Waals surface area contributed by atoms with Gasteiger partial charge in [-0.1, -0.05) is 17.3 Å². The first kappa shape index (κ1) is 11.4. The number of pyridine rings is 1. The van der Waals surface area contributed by atoms with Gasteiger partial charge in [0.15, 0.2) is 0 Å². The maximum Gasteiger partial charge on any atom is 0.230 e. The third kappa shape index (κ3) is 2.06. The summed E-state index contributed by atoms with van der Waals surface area (Å²) in [5, 5.41) is 3.94. The number of benzene rings is 1. The summed E-state index contributed by atoms with van der Waals surface area (Å²) in [5.41, 5.74) is 8.40. The van der Waals surface area contributed by atoms with Gasteiger partial charge in [-0.2, -0.15) is 0 Å². The van der Waals surface area contributed by atoms with Gasteiger partial charge < -0.3 is 10.3 Å². The van der Waals surface area contributed by atoms with Crippen molar-refractivity contribution in [3.63, 3.8) is 0 Å². The number of aromatic nitrogens is 2. The quantitative estimate of drug-likeness (QED) is 0.764. The van der Waals surface area contributed by atoms with Crippen LogP contribution >= 0.6 is 0 Å². The smallest absolute Gasteiger partial charge is 0.230 e. The molecule has 94 valence electrons. The van der Waals surface area contributed by atoms with Crippen molar-refractivity contribution in [1.82, 2.24) is 10.1 Å². The van der Waals surface area contributed by atoms with E-state index >= 15 is 0 Å². The average Bonchev–Trinajstić information content (AvgIpc) is 2.82. The highest BCUT2D eigenvalue weighted by atomic mass is 19.1. The van der Waals surface area contributed by atoms with E-state index in [1.54, 1.807) is 36.7 Å². The molecule has 3 rings (SSSR count). The van der Waals surface area contributed by atoms with Crippen LogP contribution in [0.3, 0.4) is 0 Å². The van der Waals surface area contributed by atoms with Crippen LogP contribution in [0.4, 0.5) is 10.3 Å². The molecule has 0 radical (unpaired) electrons. The van der Waals surface area contributed by atoms with Crippen LogP contribution in [0.1, 0.15) is 0 Å². The van der Waals surface area contributed by atoms with Gasteiger partial charge in [0.2, 0.25) is 5.88 Å². The molecule has 0 unspecified atom stereocenters. The molecule has 0 spiro atoms. The van der Waals surface area contributed by atoms with Crippen LogP contribution in [0.25, 0.3) is 22.4 Å². The van der Waals surface area contributed by atoms with E-state index in [9.17, 15) is 4.39 Å². The van der Waals surface area contributed by atoms with Crippen LogP contribution in [0.2, 0.25) is 0 Å². The highest BCUT2D eigenvalue weighted by molar-refractivity contribution is 5.86. The highest BCUT2D eigenvalue weighted by Gasteiger charge is 2.17. The van der Waals surface area contributed by atoms with Crippen molar-refractivity contribution in [3.8, 4) is 22.4 Å². The lowest BCUT2D eigenvalue weighted by Crippen LogP contribution is -1.88. The van der Waals surface area contributed by atoms with E-state index in [0.29, 0.717) is 16.8 Å². The molecule has 4 nitrogen and oxygen atoms in total. The summed E-state index contributed by atoms with van der Waals surface area (Å²) in [6, 6.07) is 9.73. The molecule has 3 aromatic rings. The summed E-state index contributed by atoms with van der Waals surface area (Å²) in [5.74, 6) is -0.170. The zero-order chi connectivity index (χ0) is 13.2. The van der Waals surface area contributed by atoms with Gasteiger partial charge >= 0.3 is 0 Å². The van der Waals surface area contributed by atoms with Gasteiger partial charge in [0.25, 0.3) is 0 Å². The zero-order valence-corrected chi connectivity index (χ0v) is 9.88. The molecule has 0 bridgehead atoms. The van der Waals surface area contributed by atoms with Crippen molar-refractivity contribution in [2.24, 2.45) is 0 Å². The van der Waals surface area contributed by atoms with E-state index in [1.807, 2.05) is 0 Å². The Morgan fingerprint density at radius 2 is 1.84 bits per heavy atom. The van der Waals surface area contributed by atoms with E-state index in [4.69, 9.17) is 10.3 Å². The maximum absolute atomic E-state index is 13.3. The van der Waals surface area contributed by atoms with Crippen LogP contribution in [-0.4, -0.2) is 10.1 Å². The number of nitrogens with two attached hydrogens (primary N) is 1. The molecule has 5 heteroatoms. The van der Waals surface area contributed by atoms with Gasteiger partial charge in [-0.25, -0.2) is 4.39 Å². The van der Waals surface area contributed by atoms with Gasteiger partial charge in [-0.05, 0) is 29.8 Å². The summed E-state index contributed by atoms with van der Waals surface area (Å²) in [4.78, 5) is 3.94. The molecule has 19 heavy (non-hydrogen) atoms. The fourth-order valence-corrected chi connectivity index (χ4v) is 1.93. The number of nitrogen functional groups attached to an aromatic ring is 1. The molecule has 0 amide bonds. The van der Waals surface area contributed by atoms with Crippen LogP contribution < -0.4 is 5.73 Å². The first-order chi connectivity index (χ1) is 9.25. The third-order valence-electron chi connectivity index (χ3n) is 2.79. The monoisotopic (exact) mass is 255 g/mol. The Bertz CT molecular complexity index is 710. The second-order valence-corrected chi connectivity index (χ2v) is 4.02. The molecule has 0 aliphatic carbocycles. The summed E-state index contributed by atoms with van der Waals surface area (Å²) in [6.45, 7) is 0. The average molecular weight is 255 g/mol. The molecule has 0 saturated carbocycles. The molecule has 0 aliphatic rings. The molecule has 0 saturated heterocycles. The highest BCUT2D eigenvalue weighted by Crippen LogP contribution is 2.35. The van der Waals surface area contributed by atoms with Crippen molar-refractivity contribution in [1.29, 1.82) is 0 Å². The predicted octanol–water partition coefficient (Wildman–Crippen LogP) is 3.12. The minimum atomic E-state index is -0.334. The van der Waals surface area contributed by atoms with Gasteiger partial charge in [-0.15, -0.1) is 0 Å². The standard InChI is InChI=1S/C14H10FN3O/c15-11-3-1-2-10(8-11)12-13(18-19-14(12)16)9-4-6-17-7-5-9/h1-8H,16H2. The zero-order valence-electron chi connectivity index (χ0n) is 9.88. The second-order valence-electron chi connectivity index (χ2n) is 4.02. The fourth-order valence-electron chi connectivity index (χ4n) is 1.93. The van der Waals surface area contributed by atoms with Gasteiger partial charge in [0.1, 0.15) is 11.5 Å². The minimum absolute atomic E-state index is 0.164. The van der Waals surface area contributed by atoms with Gasteiger partial charge in [-0.3, -0.25) is 4.98 Å². The Labute approximate surface area is 108 Å². The summed E-state index contributed by atoms with van der Waals surface area (Å²) >= 11 is 0. The number of halogens is 1. The van der Waals surface area contributed by atoms with Crippen molar-refractivity contribution >= 4 is 5.88 Å². The van der Waals surface area contributed by atoms with Crippen molar-refractivity contribution in [2.45, 2.75) is 0 Å². The van der Waals surface area contributed by atoms with Crippen molar-refractivity contribution in [3.05, 3.63) is 54.6 Å². The molecule has 2 N–H and O–H groups in total. The fraction of sp³-hybridized carbons (Fsp3) is 0. The molecule has 0 fully saturated rings. The SMILES string of the molecule is Nc1onc(-c2ccncc2)c1-c1cccc(F)c1. The van der Waals surface area contributed by atoms with Crippen molar-refractivity contribution in [2.75, 3.05) is 5.73 Å². The lowest BCUT2D eigenvalue weighted by molar-refractivity contribution is 0.439. The summed E-state index contributed by atoms with van der Waals surface area (Å²) < 4.78 is 18.4. The number of anilines is 1. The largest absolute Gasteiger partial charge is 0.367 e. The predicted molar refractivity (Wildman–Crippen MR) is 69.5 cm³/mol. The molecular weight excluding hydrogens is 245 g/mol. The first-order valence-electron chi connectivity index (χ1n) is 5.67. The summed E-state index contributed by atoms with van der Waals surface area (Å²) in [7, 11) is 0. The van der Waals surface area contributed by atoms with E-state index in [0.717, 1.165) is 5.56 Å². The van der Waals surface area contributed by atoms with Crippen LogP contribution in [-0.2, 0) is 0 Å². The molecule has 2 aromatic heterocycles. The topological polar surface area (TPSA) is 64.9 Å². The van der Waals surface area contributed by atoms with E-state index in [2.05, 4.69) is 10.1 Å². The van der Waals surface area contributed by atoms with Crippen LogP contribution in [0.5, 0.6) is 0 Å². The normalized spacial score (nSPS) is 10.6. The lowest BCUT2D eigenvalue weighted by atomic mass is 10.0. The van der Waals surface area contributed by atoms with Crippen LogP contribution in [0, 0.1) is 5.82 Å². The van der Waals surface area contributed by atoms with Crippen molar-refractivity contribution < 1.29 is 8.91 Å². The minimum Gasteiger partial charge on any atom is -0.367 e. The summed E-state index contributed by atoms with van der Waals surface area (Å²) in [6.07, 6.45) is 3.30. The van der Waals surface area contributed by atoms with E-state index in [1.165, 1.54) is 12.1 Å². The number of hydrogen-bond donors (Lipinski definition) is 1. The number of rotatable bonds is 2. The van der Waals surface area contributed by atoms with Gasteiger partial charge in [0.05, 0.1) is 5.56 Å². The molecule has 0 aliphatic heterocycles. The number of nitrogens with zero attached hydrogens (tertiary/aromatic N) is 2. The maximum atomic E-state index is 13.3. The molecule has 1 aromatic carbocycles. The Morgan fingerprint density at radius 1 is 1.05 bits per heavy atom. The van der Waals surface area contributed by atoms with Crippen LogP contribution in [0.15, 0.2) is 53.3 Å². The lowest BCUT2D eigenvalue weighted by Gasteiger charge is -2.02. The van der Waals surface area contributed by atoms with E-state index in [-0.39, 0.29) is 11.7 Å². The molecule has 0 atom stereocenters. The Morgan fingerprint density at radius 3 is 2.58 bits per heavy atom. The Balaban J connectivity index is 2.20. The van der Waals surface area contributed by atoms with Gasteiger partial charge in [0, 0.05) is 18.0 Å². The number of hydrogen-bond acceptors (Lipinski definition) is 4. The van der Waals surface area contributed by atoms with E-state index < -0.39 is 0 Å². The third-order valence-corrected chi connectivity index (χ3v) is 2.79. The molecule has 2 heterocycles. The Hall–Kier alpha value is -2.69. The second kappa shape index (κ2) is 4.53. The first-order valence-corrected chi connectivity index (χ1v) is 5.67. The Kier molecular flexibility index (Phi) is 2.72.